The van der Waals surface area contributed by atoms with Gasteiger partial charge < -0.3 is 11.1 Å². The molecule has 1 heterocycles. The summed E-state index contributed by atoms with van der Waals surface area (Å²) in [7, 11) is -0.794. The molecular formula is C8H14N4OS2. The largest absolute Gasteiger partial charge is 0.383 e. The van der Waals surface area contributed by atoms with E-state index in [0.717, 1.165) is 0 Å². The van der Waals surface area contributed by atoms with Crippen LogP contribution in [-0.4, -0.2) is 39.0 Å². The monoisotopic (exact) mass is 246 g/mol. The maximum atomic E-state index is 10.8. The van der Waals surface area contributed by atoms with Gasteiger partial charge in [-0.15, -0.1) is 0 Å². The summed E-state index contributed by atoms with van der Waals surface area (Å²) < 4.78 is 10.8. The van der Waals surface area contributed by atoms with Gasteiger partial charge in [-0.25, -0.2) is 9.97 Å². The average molecular weight is 246 g/mol. The van der Waals surface area contributed by atoms with Crippen molar-refractivity contribution < 1.29 is 4.21 Å². The molecule has 0 bridgehead atoms. The Hall–Kier alpha value is -0.820. The van der Waals surface area contributed by atoms with E-state index < -0.39 is 10.8 Å². The topological polar surface area (TPSA) is 80.9 Å². The van der Waals surface area contributed by atoms with Crippen LogP contribution < -0.4 is 11.1 Å². The Labute approximate surface area is 95.7 Å². The molecule has 84 valence electrons. The van der Waals surface area contributed by atoms with Crippen molar-refractivity contribution in [3.8, 4) is 0 Å². The van der Waals surface area contributed by atoms with Crippen LogP contribution in [0.15, 0.2) is 11.2 Å². The highest BCUT2D eigenvalue weighted by atomic mass is 32.2. The van der Waals surface area contributed by atoms with Gasteiger partial charge in [0.15, 0.2) is 5.16 Å². The number of thioether (sulfide) groups is 1. The van der Waals surface area contributed by atoms with Crippen LogP contribution in [0.4, 0.5) is 11.6 Å². The second-order valence-electron chi connectivity index (χ2n) is 2.87. The van der Waals surface area contributed by atoms with Crippen LogP contribution in [-0.2, 0) is 10.8 Å². The molecule has 5 nitrogen and oxygen atoms in total. The van der Waals surface area contributed by atoms with Gasteiger partial charge in [-0.2, -0.15) is 0 Å². The molecule has 3 N–H and O–H groups in total. The number of nitrogens with one attached hydrogen (secondary N) is 1. The zero-order chi connectivity index (χ0) is 11.3. The first-order valence-electron chi connectivity index (χ1n) is 4.34. The highest BCUT2D eigenvalue weighted by Gasteiger charge is 2.01. The molecule has 0 fully saturated rings. The maximum Gasteiger partial charge on any atom is 0.191 e. The molecule has 1 atom stereocenters. The van der Waals surface area contributed by atoms with Crippen LogP contribution in [0, 0.1) is 0 Å². The summed E-state index contributed by atoms with van der Waals surface area (Å²) in [6.07, 6.45) is 3.56. The Morgan fingerprint density at radius 1 is 1.60 bits per heavy atom. The van der Waals surface area contributed by atoms with Gasteiger partial charge in [0.05, 0.1) is 0 Å². The molecule has 0 aliphatic rings. The minimum Gasteiger partial charge on any atom is -0.383 e. The van der Waals surface area contributed by atoms with E-state index in [1.807, 2.05) is 6.26 Å². The summed E-state index contributed by atoms with van der Waals surface area (Å²) in [5.41, 5.74) is 5.60. The van der Waals surface area contributed by atoms with Gasteiger partial charge >= 0.3 is 0 Å². The molecule has 0 radical (unpaired) electrons. The summed E-state index contributed by atoms with van der Waals surface area (Å²) in [6, 6.07) is 1.66. The van der Waals surface area contributed by atoms with Gasteiger partial charge in [-0.1, -0.05) is 11.8 Å². The summed E-state index contributed by atoms with van der Waals surface area (Å²) >= 11 is 1.43. The highest BCUT2D eigenvalue weighted by molar-refractivity contribution is 7.98. The highest BCUT2D eigenvalue weighted by Crippen LogP contribution is 2.14. The van der Waals surface area contributed by atoms with E-state index in [-0.39, 0.29) is 0 Å². The molecule has 1 aromatic rings. The first kappa shape index (κ1) is 12.3. The van der Waals surface area contributed by atoms with E-state index in [9.17, 15) is 4.21 Å². The maximum absolute atomic E-state index is 10.8. The van der Waals surface area contributed by atoms with E-state index in [2.05, 4.69) is 15.3 Å². The number of nitrogens with zero attached hydrogens (tertiary/aromatic N) is 2. The third-order valence-electron chi connectivity index (χ3n) is 1.60. The zero-order valence-electron chi connectivity index (χ0n) is 8.69. The predicted octanol–water partition coefficient (Wildman–Crippen LogP) is 0.571. The van der Waals surface area contributed by atoms with Crippen molar-refractivity contribution in [1.29, 1.82) is 0 Å². The number of anilines is 2. The van der Waals surface area contributed by atoms with E-state index in [4.69, 9.17) is 5.73 Å². The number of hydrogen-bond donors (Lipinski definition) is 2. The van der Waals surface area contributed by atoms with Gasteiger partial charge in [-0.3, -0.25) is 4.21 Å². The lowest BCUT2D eigenvalue weighted by Crippen LogP contribution is -2.11. The molecule has 0 saturated carbocycles. The lowest BCUT2D eigenvalue weighted by molar-refractivity contribution is 0.687. The fourth-order valence-corrected chi connectivity index (χ4v) is 1.72. The average Bonchev–Trinajstić information content (AvgIpc) is 2.16. The van der Waals surface area contributed by atoms with Gasteiger partial charge in [0.1, 0.15) is 11.6 Å². The summed E-state index contributed by atoms with van der Waals surface area (Å²) in [6.45, 7) is 0.618. The molecule has 0 saturated heterocycles. The van der Waals surface area contributed by atoms with Crippen LogP contribution in [0.5, 0.6) is 0 Å². The SMILES string of the molecule is CSc1nc(N)cc(NCCS(C)=O)n1. The molecule has 1 aromatic heterocycles. The number of rotatable bonds is 5. The number of nitrogens with two attached hydrogens (primary N) is 1. The Morgan fingerprint density at radius 2 is 2.33 bits per heavy atom. The molecule has 1 rings (SSSR count). The minimum atomic E-state index is -0.794. The van der Waals surface area contributed by atoms with Crippen molar-refractivity contribution in [3.63, 3.8) is 0 Å². The predicted molar refractivity (Wildman–Crippen MR) is 65.6 cm³/mol. The molecule has 0 spiro atoms. The second-order valence-corrected chi connectivity index (χ2v) is 5.20. The molecular weight excluding hydrogens is 232 g/mol. The van der Waals surface area contributed by atoms with Gasteiger partial charge in [-0.05, 0) is 6.26 Å². The summed E-state index contributed by atoms with van der Waals surface area (Å²) in [5, 5.41) is 3.69. The van der Waals surface area contributed by atoms with Gasteiger partial charge in [0, 0.05) is 35.4 Å². The Morgan fingerprint density at radius 3 is 2.93 bits per heavy atom. The molecule has 0 aliphatic heterocycles. The number of hydrogen-bond acceptors (Lipinski definition) is 6. The summed E-state index contributed by atoms with van der Waals surface area (Å²) in [4.78, 5) is 8.24. The van der Waals surface area contributed by atoms with Gasteiger partial charge in [0.2, 0.25) is 0 Å². The van der Waals surface area contributed by atoms with Crippen molar-refractivity contribution in [2.24, 2.45) is 0 Å². The van der Waals surface area contributed by atoms with E-state index in [0.29, 0.717) is 29.1 Å². The lowest BCUT2D eigenvalue weighted by Gasteiger charge is -2.06. The van der Waals surface area contributed by atoms with E-state index >= 15 is 0 Å². The molecule has 1 unspecified atom stereocenters. The second kappa shape index (κ2) is 5.92. The van der Waals surface area contributed by atoms with Crippen LogP contribution >= 0.6 is 11.8 Å². The number of aromatic nitrogens is 2. The zero-order valence-corrected chi connectivity index (χ0v) is 10.3. The fourth-order valence-electron chi connectivity index (χ4n) is 0.948. The van der Waals surface area contributed by atoms with Crippen LogP contribution in [0.3, 0.4) is 0 Å². The van der Waals surface area contributed by atoms with Crippen molar-refractivity contribution in [2.45, 2.75) is 5.16 Å². The smallest absolute Gasteiger partial charge is 0.191 e. The normalized spacial score (nSPS) is 12.4. The van der Waals surface area contributed by atoms with Crippen molar-refractivity contribution >= 4 is 34.2 Å². The van der Waals surface area contributed by atoms with Crippen molar-refractivity contribution in [1.82, 2.24) is 9.97 Å². The van der Waals surface area contributed by atoms with Crippen LogP contribution in [0.25, 0.3) is 0 Å². The molecule has 0 amide bonds. The molecule has 0 aliphatic carbocycles. The molecule has 0 aromatic carbocycles. The molecule has 15 heavy (non-hydrogen) atoms. The van der Waals surface area contributed by atoms with Crippen molar-refractivity contribution in [2.75, 3.05) is 35.9 Å². The third-order valence-corrected chi connectivity index (χ3v) is 2.93. The van der Waals surface area contributed by atoms with E-state index in [1.54, 1.807) is 12.3 Å². The standard InChI is InChI=1S/C8H14N4OS2/c1-14-8-11-6(9)5-7(12-8)10-3-4-15(2)13/h5H,3-4H2,1-2H3,(H3,9,10,11,12). The fraction of sp³-hybridized carbons (Fsp3) is 0.500. The van der Waals surface area contributed by atoms with E-state index in [1.165, 1.54) is 11.8 Å². The minimum absolute atomic E-state index is 0.439. The summed E-state index contributed by atoms with van der Waals surface area (Å²) in [5.74, 6) is 1.71. The van der Waals surface area contributed by atoms with Crippen molar-refractivity contribution in [3.05, 3.63) is 6.07 Å². The van der Waals surface area contributed by atoms with Crippen LogP contribution in [0.1, 0.15) is 0 Å². The third kappa shape index (κ3) is 4.48. The first-order chi connectivity index (χ1) is 7.11. The lowest BCUT2D eigenvalue weighted by atomic mass is 10.5. The van der Waals surface area contributed by atoms with Crippen LogP contribution in [0.2, 0.25) is 0 Å². The Bertz CT molecular complexity index is 358. The number of nitrogen functional groups attached to an aromatic ring is 1. The Balaban J connectivity index is 2.60. The first-order valence-corrected chi connectivity index (χ1v) is 7.29. The molecule has 7 heteroatoms. The Kier molecular flexibility index (Phi) is 4.83. The van der Waals surface area contributed by atoms with Gasteiger partial charge in [0.25, 0.3) is 0 Å². The quantitative estimate of drug-likeness (QED) is 0.584.